The average molecular weight is 307 g/mol. The molecule has 0 fully saturated rings. The zero-order chi connectivity index (χ0) is 15.2. The predicted molar refractivity (Wildman–Crippen MR) is 84.0 cm³/mol. The zero-order valence-corrected chi connectivity index (χ0v) is 13.1. The van der Waals surface area contributed by atoms with Crippen LogP contribution >= 0.6 is 11.6 Å². The van der Waals surface area contributed by atoms with E-state index in [1.54, 1.807) is 20.4 Å². The van der Waals surface area contributed by atoms with Gasteiger partial charge in [0, 0.05) is 25.0 Å². The highest BCUT2D eigenvalue weighted by Crippen LogP contribution is 2.37. The molecule has 1 N–H and O–H groups in total. The van der Waals surface area contributed by atoms with Crippen LogP contribution in [0, 0.1) is 0 Å². The number of hydrogen-bond acceptors (Lipinski definition) is 4. The van der Waals surface area contributed by atoms with Crippen molar-refractivity contribution in [1.82, 2.24) is 10.3 Å². The lowest BCUT2D eigenvalue weighted by Gasteiger charge is -2.16. The van der Waals surface area contributed by atoms with Crippen LogP contribution in [-0.2, 0) is 6.54 Å². The Balaban J connectivity index is 2.10. The van der Waals surface area contributed by atoms with Gasteiger partial charge in [0.25, 0.3) is 0 Å². The topological polar surface area (TPSA) is 43.4 Å². The third kappa shape index (κ3) is 3.65. The van der Waals surface area contributed by atoms with E-state index < -0.39 is 0 Å². The van der Waals surface area contributed by atoms with Gasteiger partial charge in [-0.3, -0.25) is 4.98 Å². The second-order valence-electron chi connectivity index (χ2n) is 4.66. The van der Waals surface area contributed by atoms with E-state index in [0.717, 1.165) is 11.1 Å². The molecule has 1 aromatic carbocycles. The van der Waals surface area contributed by atoms with Gasteiger partial charge in [-0.05, 0) is 30.2 Å². The Kier molecular flexibility index (Phi) is 5.42. The Labute approximate surface area is 130 Å². The molecule has 0 aliphatic carbocycles. The highest BCUT2D eigenvalue weighted by molar-refractivity contribution is 6.33. The molecule has 1 heterocycles. The first-order valence-corrected chi connectivity index (χ1v) is 7.07. The molecule has 0 saturated carbocycles. The Bertz CT molecular complexity index is 590. The maximum atomic E-state index is 6.36. The summed E-state index contributed by atoms with van der Waals surface area (Å²) < 4.78 is 10.5. The Morgan fingerprint density at radius 2 is 2.05 bits per heavy atom. The van der Waals surface area contributed by atoms with E-state index >= 15 is 0 Å². The number of pyridine rings is 1. The van der Waals surface area contributed by atoms with E-state index in [-0.39, 0.29) is 6.04 Å². The van der Waals surface area contributed by atoms with Crippen LogP contribution in [0.15, 0.2) is 36.7 Å². The molecule has 21 heavy (non-hydrogen) atoms. The lowest BCUT2D eigenvalue weighted by atomic mass is 10.1. The summed E-state index contributed by atoms with van der Waals surface area (Å²) in [5.74, 6) is 1.19. The molecule has 0 saturated heterocycles. The van der Waals surface area contributed by atoms with Crippen LogP contribution in [0.3, 0.4) is 0 Å². The summed E-state index contributed by atoms with van der Waals surface area (Å²) in [6, 6.07) is 7.95. The van der Waals surface area contributed by atoms with Crippen molar-refractivity contribution in [3.8, 4) is 11.5 Å². The Hall–Kier alpha value is -1.78. The molecular weight excluding hydrogens is 288 g/mol. The van der Waals surface area contributed by atoms with Crippen molar-refractivity contribution in [3.05, 3.63) is 52.8 Å². The van der Waals surface area contributed by atoms with Crippen LogP contribution in [0.4, 0.5) is 0 Å². The van der Waals surface area contributed by atoms with Crippen LogP contribution in [-0.4, -0.2) is 19.2 Å². The molecule has 0 bridgehead atoms. The van der Waals surface area contributed by atoms with Crippen molar-refractivity contribution in [1.29, 1.82) is 0 Å². The standard InChI is InChI=1S/C16H19ClN2O2/c1-11(12-5-4-8-18-9-12)19-10-13-6-7-14(20-2)16(21-3)15(13)17/h4-9,11,19H,10H2,1-3H3/t11-/m1/s1. The zero-order valence-electron chi connectivity index (χ0n) is 12.4. The lowest BCUT2D eigenvalue weighted by Crippen LogP contribution is -2.18. The summed E-state index contributed by atoms with van der Waals surface area (Å²) in [5.41, 5.74) is 2.10. The van der Waals surface area contributed by atoms with Gasteiger partial charge >= 0.3 is 0 Å². The van der Waals surface area contributed by atoms with E-state index in [9.17, 15) is 0 Å². The fourth-order valence-electron chi connectivity index (χ4n) is 2.08. The van der Waals surface area contributed by atoms with E-state index in [2.05, 4.69) is 17.2 Å². The van der Waals surface area contributed by atoms with E-state index in [1.807, 2.05) is 30.5 Å². The molecule has 1 atom stereocenters. The van der Waals surface area contributed by atoms with Gasteiger partial charge in [-0.25, -0.2) is 0 Å². The van der Waals surface area contributed by atoms with Crippen LogP contribution in [0.1, 0.15) is 24.1 Å². The highest BCUT2D eigenvalue weighted by Gasteiger charge is 2.14. The van der Waals surface area contributed by atoms with Crippen molar-refractivity contribution in [2.45, 2.75) is 19.5 Å². The Morgan fingerprint density at radius 3 is 2.67 bits per heavy atom. The summed E-state index contributed by atoms with van der Waals surface area (Å²) in [6.45, 7) is 2.72. The molecule has 112 valence electrons. The normalized spacial score (nSPS) is 12.0. The van der Waals surface area contributed by atoms with E-state index in [1.165, 1.54) is 0 Å². The molecule has 0 amide bonds. The van der Waals surface area contributed by atoms with Gasteiger partial charge in [-0.2, -0.15) is 0 Å². The van der Waals surface area contributed by atoms with Gasteiger partial charge in [0.1, 0.15) is 0 Å². The summed E-state index contributed by atoms with van der Waals surface area (Å²) in [7, 11) is 3.18. The number of halogens is 1. The second-order valence-corrected chi connectivity index (χ2v) is 5.04. The second kappa shape index (κ2) is 7.29. The average Bonchev–Trinajstić information content (AvgIpc) is 2.53. The Morgan fingerprint density at radius 1 is 1.24 bits per heavy atom. The maximum Gasteiger partial charge on any atom is 0.179 e. The highest BCUT2D eigenvalue weighted by atomic mass is 35.5. The number of hydrogen-bond donors (Lipinski definition) is 1. The largest absolute Gasteiger partial charge is 0.493 e. The smallest absolute Gasteiger partial charge is 0.179 e. The molecular formula is C16H19ClN2O2. The van der Waals surface area contributed by atoms with E-state index in [4.69, 9.17) is 21.1 Å². The van der Waals surface area contributed by atoms with Gasteiger partial charge in [0.05, 0.1) is 19.2 Å². The van der Waals surface area contributed by atoms with Gasteiger partial charge in [-0.15, -0.1) is 0 Å². The number of nitrogens with one attached hydrogen (secondary N) is 1. The van der Waals surface area contributed by atoms with Gasteiger partial charge in [0.2, 0.25) is 0 Å². The summed E-state index contributed by atoms with van der Waals surface area (Å²) in [6.07, 6.45) is 3.62. The van der Waals surface area contributed by atoms with E-state index in [0.29, 0.717) is 23.1 Å². The summed E-state index contributed by atoms with van der Waals surface area (Å²) in [4.78, 5) is 4.13. The summed E-state index contributed by atoms with van der Waals surface area (Å²) in [5, 5.41) is 4.00. The number of ether oxygens (including phenoxy) is 2. The molecule has 0 radical (unpaired) electrons. The van der Waals surface area contributed by atoms with Crippen LogP contribution < -0.4 is 14.8 Å². The minimum absolute atomic E-state index is 0.183. The predicted octanol–water partition coefficient (Wildman–Crippen LogP) is 3.60. The number of nitrogens with zero attached hydrogens (tertiary/aromatic N) is 1. The number of rotatable bonds is 6. The van der Waals surface area contributed by atoms with Crippen molar-refractivity contribution in [2.24, 2.45) is 0 Å². The minimum atomic E-state index is 0.183. The fraction of sp³-hybridized carbons (Fsp3) is 0.312. The molecule has 0 unspecified atom stereocenters. The fourth-order valence-corrected chi connectivity index (χ4v) is 2.38. The third-order valence-electron chi connectivity index (χ3n) is 3.35. The number of aromatic nitrogens is 1. The van der Waals surface area contributed by atoms with Crippen LogP contribution in [0.5, 0.6) is 11.5 Å². The molecule has 0 aliphatic rings. The molecule has 5 heteroatoms. The molecule has 2 rings (SSSR count). The quantitative estimate of drug-likeness (QED) is 0.885. The minimum Gasteiger partial charge on any atom is -0.493 e. The number of benzene rings is 1. The molecule has 2 aromatic rings. The molecule has 4 nitrogen and oxygen atoms in total. The van der Waals surface area contributed by atoms with Gasteiger partial charge in [0.15, 0.2) is 11.5 Å². The third-order valence-corrected chi connectivity index (χ3v) is 3.76. The monoisotopic (exact) mass is 306 g/mol. The SMILES string of the molecule is COc1ccc(CN[C@H](C)c2cccnc2)c(Cl)c1OC. The van der Waals surface area contributed by atoms with Crippen molar-refractivity contribution >= 4 is 11.6 Å². The molecule has 0 spiro atoms. The first-order valence-electron chi connectivity index (χ1n) is 6.70. The van der Waals surface area contributed by atoms with Crippen LogP contribution in [0.2, 0.25) is 5.02 Å². The first-order chi connectivity index (χ1) is 10.2. The van der Waals surface area contributed by atoms with Crippen molar-refractivity contribution in [3.63, 3.8) is 0 Å². The van der Waals surface area contributed by atoms with Crippen molar-refractivity contribution in [2.75, 3.05) is 14.2 Å². The first kappa shape index (κ1) is 15.6. The molecule has 1 aromatic heterocycles. The van der Waals surface area contributed by atoms with Gasteiger partial charge in [-0.1, -0.05) is 23.7 Å². The van der Waals surface area contributed by atoms with Crippen LogP contribution in [0.25, 0.3) is 0 Å². The van der Waals surface area contributed by atoms with Gasteiger partial charge < -0.3 is 14.8 Å². The number of methoxy groups -OCH3 is 2. The lowest BCUT2D eigenvalue weighted by molar-refractivity contribution is 0.354. The van der Waals surface area contributed by atoms with Crippen molar-refractivity contribution < 1.29 is 9.47 Å². The summed E-state index contributed by atoms with van der Waals surface area (Å²) >= 11 is 6.36. The molecule has 0 aliphatic heterocycles. The maximum absolute atomic E-state index is 6.36.